The zero-order valence-corrected chi connectivity index (χ0v) is 19.7. The van der Waals surface area contributed by atoms with Crippen molar-refractivity contribution in [2.45, 2.75) is 46.0 Å². The minimum Gasteiger partial charge on any atom is -0.352 e. The molecule has 1 fully saturated rings. The van der Waals surface area contributed by atoms with Gasteiger partial charge in [0.25, 0.3) is 0 Å². The Balaban J connectivity index is 1.38. The molecule has 1 aliphatic carbocycles. The van der Waals surface area contributed by atoms with E-state index in [0.717, 1.165) is 66.9 Å². The molecule has 2 amide bonds. The smallest absolute Gasteiger partial charge is 0.321 e. The third-order valence-electron chi connectivity index (χ3n) is 6.55. The van der Waals surface area contributed by atoms with Crippen LogP contribution in [0.5, 0.6) is 0 Å². The molecule has 5 rings (SSSR count). The van der Waals surface area contributed by atoms with Gasteiger partial charge in [0.05, 0.1) is 5.39 Å². The number of fused-ring (bicyclic) bond motifs is 3. The number of para-hydroxylation sites is 1. The molecule has 1 N–H and O–H groups in total. The van der Waals surface area contributed by atoms with Gasteiger partial charge in [-0.3, -0.25) is 0 Å². The molecule has 0 radical (unpaired) electrons. The molecule has 1 unspecified atom stereocenters. The summed E-state index contributed by atoms with van der Waals surface area (Å²) in [6.45, 7) is 7.50. The number of amides is 2. The number of nitrogens with one attached hydrogen (secondary N) is 1. The number of anilines is 2. The minimum absolute atomic E-state index is 0.0303. The van der Waals surface area contributed by atoms with Crippen molar-refractivity contribution in [2.75, 3.05) is 36.4 Å². The number of aryl methyl sites for hydroxylation is 2. The number of rotatable bonds is 4. The van der Waals surface area contributed by atoms with Crippen molar-refractivity contribution in [3.8, 4) is 0 Å². The Morgan fingerprint density at radius 1 is 1.16 bits per heavy atom. The van der Waals surface area contributed by atoms with Gasteiger partial charge in [-0.05, 0) is 49.3 Å². The van der Waals surface area contributed by atoms with Crippen molar-refractivity contribution in [1.82, 2.24) is 14.9 Å². The zero-order valence-electron chi connectivity index (χ0n) is 18.9. The van der Waals surface area contributed by atoms with Gasteiger partial charge in [-0.1, -0.05) is 32.0 Å². The van der Waals surface area contributed by atoms with Gasteiger partial charge in [-0.2, -0.15) is 0 Å². The van der Waals surface area contributed by atoms with Crippen LogP contribution in [-0.2, 0) is 19.3 Å². The van der Waals surface area contributed by atoms with E-state index in [9.17, 15) is 4.79 Å². The number of hydrogen-bond donors (Lipinski definition) is 1. The van der Waals surface area contributed by atoms with Crippen molar-refractivity contribution in [3.05, 3.63) is 46.6 Å². The highest BCUT2D eigenvalue weighted by atomic mass is 32.1. The van der Waals surface area contributed by atoms with Gasteiger partial charge in [0.15, 0.2) is 0 Å². The normalized spacial score (nSPS) is 18.6. The van der Waals surface area contributed by atoms with E-state index in [1.807, 2.05) is 46.6 Å². The number of nitrogens with zero attached hydrogens (tertiary/aromatic N) is 4. The molecule has 6 nitrogen and oxygen atoms in total. The van der Waals surface area contributed by atoms with Crippen molar-refractivity contribution >= 4 is 39.1 Å². The minimum atomic E-state index is -0.0303. The van der Waals surface area contributed by atoms with E-state index < -0.39 is 0 Å². The van der Waals surface area contributed by atoms with Gasteiger partial charge in [-0.15, -0.1) is 11.3 Å². The second-order valence-electron chi connectivity index (χ2n) is 9.02. The van der Waals surface area contributed by atoms with E-state index in [0.29, 0.717) is 13.1 Å². The fourth-order valence-corrected chi connectivity index (χ4v) is 6.17. The van der Waals surface area contributed by atoms with Crippen LogP contribution in [0, 0.1) is 5.92 Å². The second kappa shape index (κ2) is 9.06. The van der Waals surface area contributed by atoms with E-state index in [1.54, 1.807) is 0 Å². The number of carbonyl (C=O) groups excluding carboxylic acids is 1. The summed E-state index contributed by atoms with van der Waals surface area (Å²) in [7, 11) is 0. The lowest BCUT2D eigenvalue weighted by Gasteiger charge is -2.36. The standard InChI is InChI=1S/C25H31N5OS/c1-3-7-21-27-23(22-19-11-10-17(2)16-20(19)32-24(22)28-21)29-12-14-30(15-13-29)25(31)26-18-8-5-4-6-9-18/h4-6,8-9,17H,3,7,10-16H2,1-2H3,(H,26,31). The first kappa shape index (κ1) is 21.2. The molecule has 2 aliphatic rings. The van der Waals surface area contributed by atoms with Crippen LogP contribution >= 0.6 is 11.3 Å². The van der Waals surface area contributed by atoms with Gasteiger partial charge in [0, 0.05) is 43.2 Å². The zero-order chi connectivity index (χ0) is 22.1. The Morgan fingerprint density at radius 2 is 1.94 bits per heavy atom. The van der Waals surface area contributed by atoms with Gasteiger partial charge in [0.2, 0.25) is 0 Å². The Labute approximate surface area is 193 Å². The summed E-state index contributed by atoms with van der Waals surface area (Å²) >= 11 is 1.88. The van der Waals surface area contributed by atoms with Crippen molar-refractivity contribution in [3.63, 3.8) is 0 Å². The first-order valence-electron chi connectivity index (χ1n) is 11.8. The second-order valence-corrected chi connectivity index (χ2v) is 10.1. The molecule has 7 heteroatoms. The topological polar surface area (TPSA) is 61.4 Å². The summed E-state index contributed by atoms with van der Waals surface area (Å²) < 4.78 is 0. The lowest BCUT2D eigenvalue weighted by Crippen LogP contribution is -2.50. The number of aromatic nitrogens is 2. The van der Waals surface area contributed by atoms with Crippen LogP contribution in [0.25, 0.3) is 10.2 Å². The van der Waals surface area contributed by atoms with Crippen LogP contribution in [0.1, 0.15) is 43.0 Å². The lowest BCUT2D eigenvalue weighted by molar-refractivity contribution is 0.208. The summed E-state index contributed by atoms with van der Waals surface area (Å²) in [6, 6.07) is 9.63. The summed E-state index contributed by atoms with van der Waals surface area (Å²) in [6.07, 6.45) is 5.47. The van der Waals surface area contributed by atoms with E-state index >= 15 is 0 Å². The number of benzene rings is 1. The van der Waals surface area contributed by atoms with Gasteiger partial charge >= 0.3 is 6.03 Å². The molecule has 168 valence electrons. The molecule has 3 heterocycles. The molecule has 1 aromatic carbocycles. The Morgan fingerprint density at radius 3 is 2.69 bits per heavy atom. The highest BCUT2D eigenvalue weighted by Gasteiger charge is 2.28. The van der Waals surface area contributed by atoms with Crippen molar-refractivity contribution < 1.29 is 4.79 Å². The predicted octanol–water partition coefficient (Wildman–Crippen LogP) is 5.12. The maximum atomic E-state index is 12.7. The fraction of sp³-hybridized carbons (Fsp3) is 0.480. The SMILES string of the molecule is CCCc1nc(N2CCN(C(=O)Nc3ccccc3)CC2)c2c3c(sc2n1)CC(C)CC3. The number of hydrogen-bond acceptors (Lipinski definition) is 5. The van der Waals surface area contributed by atoms with Crippen LogP contribution < -0.4 is 10.2 Å². The Bertz CT molecular complexity index is 1100. The summed E-state index contributed by atoms with van der Waals surface area (Å²) in [5.74, 6) is 2.79. The van der Waals surface area contributed by atoms with E-state index in [4.69, 9.17) is 9.97 Å². The molecule has 1 saturated heterocycles. The van der Waals surface area contributed by atoms with Crippen LogP contribution in [-0.4, -0.2) is 47.1 Å². The molecule has 32 heavy (non-hydrogen) atoms. The number of thiophene rings is 1. The van der Waals surface area contributed by atoms with Crippen LogP contribution in [0.2, 0.25) is 0 Å². The quantitative estimate of drug-likeness (QED) is 0.600. The van der Waals surface area contributed by atoms with Crippen molar-refractivity contribution in [2.24, 2.45) is 5.92 Å². The number of carbonyl (C=O) groups is 1. The monoisotopic (exact) mass is 449 g/mol. The fourth-order valence-electron chi connectivity index (χ4n) is 4.78. The third-order valence-corrected chi connectivity index (χ3v) is 7.70. The van der Waals surface area contributed by atoms with Gasteiger partial charge in [0.1, 0.15) is 16.5 Å². The van der Waals surface area contributed by atoms with E-state index in [2.05, 4.69) is 24.1 Å². The first-order valence-corrected chi connectivity index (χ1v) is 12.6. The molecule has 2 aromatic heterocycles. The first-order chi connectivity index (χ1) is 15.6. The summed E-state index contributed by atoms with van der Waals surface area (Å²) in [4.78, 5) is 29.7. The maximum Gasteiger partial charge on any atom is 0.321 e. The van der Waals surface area contributed by atoms with Crippen molar-refractivity contribution in [1.29, 1.82) is 0 Å². The Hall–Kier alpha value is -2.67. The maximum absolute atomic E-state index is 12.7. The summed E-state index contributed by atoms with van der Waals surface area (Å²) in [5.41, 5.74) is 2.31. The number of urea groups is 1. The Kier molecular flexibility index (Phi) is 6.00. The third kappa shape index (κ3) is 4.18. The molecule has 1 atom stereocenters. The molecule has 1 aliphatic heterocycles. The lowest BCUT2D eigenvalue weighted by atomic mass is 9.89. The molecule has 0 saturated carbocycles. The van der Waals surface area contributed by atoms with Gasteiger partial charge in [-0.25, -0.2) is 14.8 Å². The largest absolute Gasteiger partial charge is 0.352 e. The van der Waals surface area contributed by atoms with Crippen LogP contribution in [0.3, 0.4) is 0 Å². The summed E-state index contributed by atoms with van der Waals surface area (Å²) in [5, 5.41) is 4.28. The highest BCUT2D eigenvalue weighted by Crippen LogP contribution is 2.41. The average molecular weight is 450 g/mol. The average Bonchev–Trinajstić information content (AvgIpc) is 3.17. The molecule has 0 bridgehead atoms. The van der Waals surface area contributed by atoms with Crippen LogP contribution in [0.15, 0.2) is 30.3 Å². The van der Waals surface area contributed by atoms with Crippen LogP contribution in [0.4, 0.5) is 16.3 Å². The molecule has 3 aromatic rings. The van der Waals surface area contributed by atoms with Gasteiger partial charge < -0.3 is 15.1 Å². The van der Waals surface area contributed by atoms with E-state index in [1.165, 1.54) is 22.2 Å². The molecule has 0 spiro atoms. The number of piperazine rings is 1. The van der Waals surface area contributed by atoms with E-state index in [-0.39, 0.29) is 6.03 Å². The predicted molar refractivity (Wildman–Crippen MR) is 132 cm³/mol. The molecular weight excluding hydrogens is 418 g/mol. The highest BCUT2D eigenvalue weighted by molar-refractivity contribution is 7.19. The molecular formula is C25H31N5OS.